The van der Waals surface area contributed by atoms with E-state index in [2.05, 4.69) is 58.4 Å². The molecule has 5 heteroatoms. The Bertz CT molecular complexity index is 1110. The molecule has 28 heavy (non-hydrogen) atoms. The van der Waals surface area contributed by atoms with Crippen molar-refractivity contribution in [1.29, 1.82) is 0 Å². The van der Waals surface area contributed by atoms with Crippen molar-refractivity contribution in [2.24, 2.45) is 5.10 Å². The fraction of sp³-hybridized carbons (Fsp3) is 0.130. The molecular weight excluding hydrogens is 366 g/mol. The van der Waals surface area contributed by atoms with Gasteiger partial charge >= 0.3 is 0 Å². The third kappa shape index (κ3) is 3.89. The van der Waals surface area contributed by atoms with Gasteiger partial charge in [-0.1, -0.05) is 54.6 Å². The average molecular weight is 388 g/mol. The van der Waals surface area contributed by atoms with Crippen LogP contribution in [0.4, 0.5) is 0 Å². The number of thiophene rings is 1. The number of nitrogens with zero attached hydrogens (tertiary/aromatic N) is 2. The molecule has 2 aromatic heterocycles. The first-order chi connectivity index (χ1) is 13.7. The van der Waals surface area contributed by atoms with E-state index in [4.69, 9.17) is 0 Å². The molecule has 2 heterocycles. The molecule has 4 aromatic rings. The zero-order valence-electron chi connectivity index (χ0n) is 15.6. The van der Waals surface area contributed by atoms with Crippen LogP contribution in [0.25, 0.3) is 10.9 Å². The van der Waals surface area contributed by atoms with E-state index in [0.29, 0.717) is 6.42 Å². The Balaban J connectivity index is 1.58. The van der Waals surface area contributed by atoms with Gasteiger partial charge in [0.1, 0.15) is 0 Å². The molecular formula is C23H21N3OS. The lowest BCUT2D eigenvalue weighted by Crippen LogP contribution is -2.19. The zero-order chi connectivity index (χ0) is 19.3. The first-order valence-electron chi connectivity index (χ1n) is 9.18. The average Bonchev–Trinajstić information content (AvgIpc) is 3.31. The topological polar surface area (TPSA) is 46.4 Å². The fourth-order valence-electron chi connectivity index (χ4n) is 3.37. The maximum absolute atomic E-state index is 12.1. The van der Waals surface area contributed by atoms with Gasteiger partial charge in [-0.2, -0.15) is 5.10 Å². The van der Waals surface area contributed by atoms with E-state index in [0.717, 1.165) is 33.6 Å². The summed E-state index contributed by atoms with van der Waals surface area (Å²) in [5, 5.41) is 7.32. The Morgan fingerprint density at radius 2 is 1.86 bits per heavy atom. The van der Waals surface area contributed by atoms with Gasteiger partial charge in [-0.15, -0.1) is 11.3 Å². The summed E-state index contributed by atoms with van der Waals surface area (Å²) in [6.45, 7) is 2.89. The third-order valence-electron chi connectivity index (χ3n) is 4.76. The maximum Gasteiger partial charge on any atom is 0.245 e. The fourth-order valence-corrected chi connectivity index (χ4v) is 4.07. The number of benzene rings is 2. The highest BCUT2D eigenvalue weighted by Crippen LogP contribution is 2.25. The maximum atomic E-state index is 12.1. The quantitative estimate of drug-likeness (QED) is 0.377. The van der Waals surface area contributed by atoms with Crippen LogP contribution in [0.2, 0.25) is 0 Å². The second-order valence-corrected chi connectivity index (χ2v) is 7.67. The second kappa shape index (κ2) is 8.23. The Labute approximate surface area is 168 Å². The molecule has 1 amide bonds. The van der Waals surface area contributed by atoms with Crippen LogP contribution in [0.3, 0.4) is 0 Å². The summed E-state index contributed by atoms with van der Waals surface area (Å²) in [5.41, 5.74) is 7.22. The van der Waals surface area contributed by atoms with E-state index < -0.39 is 0 Å². The van der Waals surface area contributed by atoms with Gasteiger partial charge in [-0.05, 0) is 30.0 Å². The molecule has 0 bridgehead atoms. The molecule has 2 aromatic carbocycles. The molecule has 4 rings (SSSR count). The number of fused-ring (bicyclic) bond motifs is 1. The van der Waals surface area contributed by atoms with Crippen LogP contribution >= 0.6 is 11.3 Å². The number of hydrogen-bond donors (Lipinski definition) is 1. The molecule has 0 saturated heterocycles. The SMILES string of the molecule is Cc1c(/C=N\NC(=O)Cc2cccs2)c2ccccc2n1Cc1ccccc1. The largest absolute Gasteiger partial charge is 0.340 e. The van der Waals surface area contributed by atoms with E-state index in [1.165, 1.54) is 5.56 Å². The van der Waals surface area contributed by atoms with Crippen LogP contribution in [-0.2, 0) is 17.8 Å². The minimum atomic E-state index is -0.107. The van der Waals surface area contributed by atoms with E-state index in [1.54, 1.807) is 17.6 Å². The highest BCUT2D eigenvalue weighted by molar-refractivity contribution is 7.10. The van der Waals surface area contributed by atoms with E-state index in [1.807, 2.05) is 35.7 Å². The molecule has 0 aliphatic heterocycles. The lowest BCUT2D eigenvalue weighted by molar-refractivity contribution is -0.120. The molecule has 0 aliphatic carbocycles. The highest BCUT2D eigenvalue weighted by Gasteiger charge is 2.12. The Morgan fingerprint density at radius 1 is 1.07 bits per heavy atom. The van der Waals surface area contributed by atoms with Gasteiger partial charge in [0.25, 0.3) is 0 Å². The lowest BCUT2D eigenvalue weighted by Gasteiger charge is -2.08. The first kappa shape index (κ1) is 18.2. The Hall–Kier alpha value is -3.18. The zero-order valence-corrected chi connectivity index (χ0v) is 16.4. The van der Waals surface area contributed by atoms with Crippen LogP contribution in [0.15, 0.2) is 77.2 Å². The second-order valence-electron chi connectivity index (χ2n) is 6.64. The van der Waals surface area contributed by atoms with Gasteiger partial charge in [0, 0.05) is 33.6 Å². The number of hydrogen-bond acceptors (Lipinski definition) is 3. The summed E-state index contributed by atoms with van der Waals surface area (Å²) < 4.78 is 2.29. The number of carbonyl (C=O) groups is 1. The van der Waals surface area contributed by atoms with Crippen LogP contribution in [0.5, 0.6) is 0 Å². The predicted octanol–water partition coefficient (Wildman–Crippen LogP) is 4.75. The van der Waals surface area contributed by atoms with Crippen molar-refractivity contribution in [1.82, 2.24) is 9.99 Å². The number of para-hydroxylation sites is 1. The minimum Gasteiger partial charge on any atom is -0.340 e. The van der Waals surface area contributed by atoms with Gasteiger partial charge in [0.05, 0.1) is 12.6 Å². The van der Waals surface area contributed by atoms with Crippen molar-refractivity contribution in [3.05, 3.63) is 93.8 Å². The van der Waals surface area contributed by atoms with Crippen LogP contribution < -0.4 is 5.43 Å². The molecule has 0 fully saturated rings. The van der Waals surface area contributed by atoms with E-state index in [9.17, 15) is 4.79 Å². The summed E-state index contributed by atoms with van der Waals surface area (Å²) in [6, 6.07) is 22.6. The van der Waals surface area contributed by atoms with Crippen molar-refractivity contribution >= 4 is 34.4 Å². The molecule has 0 aliphatic rings. The number of rotatable bonds is 6. The first-order valence-corrected chi connectivity index (χ1v) is 10.1. The molecule has 0 spiro atoms. The Morgan fingerprint density at radius 3 is 2.64 bits per heavy atom. The molecule has 0 saturated carbocycles. The van der Waals surface area contributed by atoms with Gasteiger partial charge in [0.2, 0.25) is 5.91 Å². The molecule has 1 N–H and O–H groups in total. The van der Waals surface area contributed by atoms with Gasteiger partial charge in [-0.25, -0.2) is 5.43 Å². The Kier molecular flexibility index (Phi) is 5.35. The van der Waals surface area contributed by atoms with E-state index in [-0.39, 0.29) is 5.91 Å². The summed E-state index contributed by atoms with van der Waals surface area (Å²) in [5.74, 6) is -0.107. The van der Waals surface area contributed by atoms with Gasteiger partial charge in [0.15, 0.2) is 0 Å². The molecule has 0 radical (unpaired) electrons. The number of carbonyl (C=O) groups excluding carboxylic acids is 1. The molecule has 0 atom stereocenters. The van der Waals surface area contributed by atoms with E-state index >= 15 is 0 Å². The van der Waals surface area contributed by atoms with Crippen LogP contribution in [0, 0.1) is 6.92 Å². The van der Waals surface area contributed by atoms with Crippen molar-refractivity contribution < 1.29 is 4.79 Å². The summed E-state index contributed by atoms with van der Waals surface area (Å²) >= 11 is 1.57. The normalized spacial score (nSPS) is 11.3. The standard InChI is InChI=1S/C23H21N3OS/c1-17-21(15-24-25-23(27)14-19-10-7-13-28-19)20-11-5-6-12-22(20)26(17)16-18-8-3-2-4-9-18/h2-13,15H,14,16H2,1H3,(H,25,27)/b24-15-. The van der Waals surface area contributed by atoms with Crippen LogP contribution in [-0.4, -0.2) is 16.7 Å². The van der Waals surface area contributed by atoms with Crippen molar-refractivity contribution in [3.63, 3.8) is 0 Å². The van der Waals surface area contributed by atoms with Crippen molar-refractivity contribution in [3.8, 4) is 0 Å². The minimum absolute atomic E-state index is 0.107. The highest BCUT2D eigenvalue weighted by atomic mass is 32.1. The smallest absolute Gasteiger partial charge is 0.245 e. The predicted molar refractivity (Wildman–Crippen MR) is 116 cm³/mol. The monoisotopic (exact) mass is 387 g/mol. The lowest BCUT2D eigenvalue weighted by atomic mass is 10.1. The van der Waals surface area contributed by atoms with Crippen molar-refractivity contribution in [2.45, 2.75) is 19.9 Å². The summed E-state index contributed by atoms with van der Waals surface area (Å²) in [6.07, 6.45) is 2.11. The van der Waals surface area contributed by atoms with Gasteiger partial charge < -0.3 is 4.57 Å². The summed E-state index contributed by atoms with van der Waals surface area (Å²) in [7, 11) is 0. The van der Waals surface area contributed by atoms with Gasteiger partial charge in [-0.3, -0.25) is 4.79 Å². The van der Waals surface area contributed by atoms with Crippen LogP contribution in [0.1, 0.15) is 21.7 Å². The number of aromatic nitrogens is 1. The number of hydrazone groups is 1. The molecule has 4 nitrogen and oxygen atoms in total. The third-order valence-corrected chi connectivity index (χ3v) is 5.64. The number of nitrogens with one attached hydrogen (secondary N) is 1. The number of amides is 1. The van der Waals surface area contributed by atoms with Crippen molar-refractivity contribution in [2.75, 3.05) is 0 Å². The molecule has 0 unspecified atom stereocenters. The summed E-state index contributed by atoms with van der Waals surface area (Å²) in [4.78, 5) is 13.1. The molecule has 140 valence electrons.